The highest BCUT2D eigenvalue weighted by Crippen LogP contribution is 2.32. The van der Waals surface area contributed by atoms with Crippen LogP contribution in [0.4, 0.5) is 5.69 Å². The van der Waals surface area contributed by atoms with E-state index >= 15 is 0 Å². The van der Waals surface area contributed by atoms with Crippen LogP contribution in [0.1, 0.15) is 12.5 Å². The fourth-order valence-corrected chi connectivity index (χ4v) is 2.79. The van der Waals surface area contributed by atoms with Crippen molar-refractivity contribution in [1.82, 2.24) is 0 Å². The number of carbonyl (C=O) groups excluding carboxylic acids is 2. The number of nitrogens with one attached hydrogen (secondary N) is 1. The molecular weight excluding hydrogens is 354 g/mol. The molecule has 0 saturated heterocycles. The van der Waals surface area contributed by atoms with Gasteiger partial charge in [0.05, 0.1) is 12.3 Å². The number of rotatable bonds is 2. The van der Waals surface area contributed by atoms with Gasteiger partial charge in [-0.05, 0) is 63.4 Å². The van der Waals surface area contributed by atoms with Gasteiger partial charge in [0.25, 0.3) is 0 Å². The third kappa shape index (κ3) is 3.81. The summed E-state index contributed by atoms with van der Waals surface area (Å²) in [5.74, 6) is -1.69. The van der Waals surface area contributed by atoms with Crippen LogP contribution in [0.3, 0.4) is 0 Å². The van der Waals surface area contributed by atoms with Crippen molar-refractivity contribution in [3.8, 4) is 0 Å². The van der Waals surface area contributed by atoms with Crippen LogP contribution in [-0.2, 0) is 14.3 Å². The Morgan fingerprint density at radius 2 is 1.82 bits per heavy atom. The van der Waals surface area contributed by atoms with Crippen molar-refractivity contribution < 1.29 is 14.3 Å². The third-order valence-corrected chi connectivity index (χ3v) is 3.14. The first kappa shape index (κ1) is 14.2. The predicted octanol–water partition coefficient (Wildman–Crippen LogP) is 3.02. The van der Waals surface area contributed by atoms with E-state index in [2.05, 4.69) is 41.9 Å². The molecule has 0 spiro atoms. The Balaban J connectivity index is 2.89. The van der Waals surface area contributed by atoms with Crippen molar-refractivity contribution in [2.45, 2.75) is 13.8 Å². The average Bonchev–Trinajstić information content (AvgIpc) is 2.23. The lowest BCUT2D eigenvalue weighted by atomic mass is 10.2. The van der Waals surface area contributed by atoms with Crippen molar-refractivity contribution in [3.63, 3.8) is 0 Å². The first-order chi connectivity index (χ1) is 7.95. The Labute approximate surface area is 116 Å². The number of carbonyl (C=O) groups is 2. The predicted molar refractivity (Wildman–Crippen MR) is 71.8 cm³/mol. The second-order valence-electron chi connectivity index (χ2n) is 3.28. The zero-order chi connectivity index (χ0) is 13.0. The molecule has 0 aliphatic carbocycles. The molecule has 0 unspecified atom stereocenters. The Kier molecular flexibility index (Phi) is 5.14. The number of ether oxygens (including phenoxy) is 1. The van der Waals surface area contributed by atoms with Gasteiger partial charge in [-0.3, -0.25) is 4.79 Å². The Morgan fingerprint density at radius 1 is 1.29 bits per heavy atom. The van der Waals surface area contributed by atoms with Crippen LogP contribution in [0.5, 0.6) is 0 Å². The molecule has 0 atom stereocenters. The van der Waals surface area contributed by atoms with E-state index in [0.29, 0.717) is 14.6 Å². The second kappa shape index (κ2) is 6.16. The maximum atomic E-state index is 11.5. The van der Waals surface area contributed by atoms with Gasteiger partial charge in [0, 0.05) is 8.95 Å². The van der Waals surface area contributed by atoms with E-state index in [4.69, 9.17) is 0 Å². The highest BCUT2D eigenvalue weighted by Gasteiger charge is 2.17. The van der Waals surface area contributed by atoms with Gasteiger partial charge in [-0.2, -0.15) is 0 Å². The second-order valence-corrected chi connectivity index (χ2v) is 4.99. The van der Waals surface area contributed by atoms with Gasteiger partial charge in [-0.25, -0.2) is 4.79 Å². The summed E-state index contributed by atoms with van der Waals surface area (Å²) in [5.41, 5.74) is 1.53. The smallest absolute Gasteiger partial charge is 0.397 e. The van der Waals surface area contributed by atoms with Gasteiger partial charge in [-0.15, -0.1) is 0 Å². The van der Waals surface area contributed by atoms with E-state index in [1.165, 1.54) is 0 Å². The Morgan fingerprint density at radius 3 is 2.29 bits per heavy atom. The SMILES string of the molecule is CCOC(=O)C(=O)Nc1c(Br)cc(C)cc1Br. The van der Waals surface area contributed by atoms with E-state index in [1.54, 1.807) is 6.92 Å². The number of aryl methyl sites for hydroxylation is 1. The molecule has 0 saturated carbocycles. The molecule has 0 fully saturated rings. The van der Waals surface area contributed by atoms with Crippen LogP contribution < -0.4 is 5.32 Å². The molecule has 0 radical (unpaired) electrons. The van der Waals surface area contributed by atoms with Crippen molar-refractivity contribution >= 4 is 49.4 Å². The minimum absolute atomic E-state index is 0.169. The molecule has 17 heavy (non-hydrogen) atoms. The van der Waals surface area contributed by atoms with Crippen LogP contribution in [0.2, 0.25) is 0 Å². The Bertz CT molecular complexity index is 437. The maximum absolute atomic E-state index is 11.5. The molecule has 0 bridgehead atoms. The molecule has 1 aromatic carbocycles. The lowest BCUT2D eigenvalue weighted by molar-refractivity contribution is -0.152. The molecule has 0 aromatic heterocycles. The summed E-state index contributed by atoms with van der Waals surface area (Å²) in [5, 5.41) is 2.48. The van der Waals surface area contributed by atoms with Crippen molar-refractivity contribution in [1.29, 1.82) is 0 Å². The van der Waals surface area contributed by atoms with E-state index < -0.39 is 11.9 Å². The number of hydrogen-bond acceptors (Lipinski definition) is 3. The highest BCUT2D eigenvalue weighted by atomic mass is 79.9. The molecule has 92 valence electrons. The number of anilines is 1. The van der Waals surface area contributed by atoms with Crippen molar-refractivity contribution in [2.75, 3.05) is 11.9 Å². The van der Waals surface area contributed by atoms with Gasteiger partial charge < -0.3 is 10.1 Å². The number of benzene rings is 1. The monoisotopic (exact) mass is 363 g/mol. The fraction of sp³-hybridized carbons (Fsp3) is 0.273. The molecule has 0 aliphatic rings. The molecule has 1 aromatic rings. The van der Waals surface area contributed by atoms with Crippen LogP contribution in [-0.4, -0.2) is 18.5 Å². The third-order valence-electron chi connectivity index (χ3n) is 1.89. The lowest BCUT2D eigenvalue weighted by Crippen LogP contribution is -2.25. The summed E-state index contributed by atoms with van der Waals surface area (Å²) in [6.45, 7) is 3.73. The van der Waals surface area contributed by atoms with Gasteiger partial charge in [0.2, 0.25) is 0 Å². The molecule has 1 amide bonds. The maximum Gasteiger partial charge on any atom is 0.397 e. The molecule has 1 N–H and O–H groups in total. The van der Waals surface area contributed by atoms with Gasteiger partial charge >= 0.3 is 11.9 Å². The van der Waals surface area contributed by atoms with E-state index in [-0.39, 0.29) is 6.61 Å². The number of hydrogen-bond donors (Lipinski definition) is 1. The van der Waals surface area contributed by atoms with Crippen molar-refractivity contribution in [3.05, 3.63) is 26.6 Å². The minimum Gasteiger partial charge on any atom is -0.459 e. The summed E-state index contributed by atoms with van der Waals surface area (Å²) in [6.07, 6.45) is 0. The first-order valence-electron chi connectivity index (χ1n) is 4.89. The first-order valence-corrected chi connectivity index (χ1v) is 6.48. The van der Waals surface area contributed by atoms with E-state index in [1.807, 2.05) is 19.1 Å². The standard InChI is InChI=1S/C11H11Br2NO3/c1-3-17-11(16)10(15)14-9-7(12)4-6(2)5-8(9)13/h4-5H,3H2,1-2H3,(H,14,15). The molecule has 1 rings (SSSR count). The lowest BCUT2D eigenvalue weighted by Gasteiger charge is -2.10. The molecule has 0 aliphatic heterocycles. The van der Waals surface area contributed by atoms with Crippen LogP contribution in [0.25, 0.3) is 0 Å². The molecule has 6 heteroatoms. The topological polar surface area (TPSA) is 55.4 Å². The zero-order valence-electron chi connectivity index (χ0n) is 9.34. The molecule has 4 nitrogen and oxygen atoms in total. The number of halogens is 2. The van der Waals surface area contributed by atoms with Crippen LogP contribution in [0, 0.1) is 6.92 Å². The van der Waals surface area contributed by atoms with Crippen LogP contribution in [0.15, 0.2) is 21.1 Å². The van der Waals surface area contributed by atoms with Crippen LogP contribution >= 0.6 is 31.9 Å². The summed E-state index contributed by atoms with van der Waals surface area (Å²) in [6, 6.07) is 3.68. The Hall–Kier alpha value is -0.880. The van der Waals surface area contributed by atoms with Gasteiger partial charge in [0.15, 0.2) is 0 Å². The van der Waals surface area contributed by atoms with E-state index in [0.717, 1.165) is 5.56 Å². The summed E-state index contributed by atoms with van der Waals surface area (Å²) >= 11 is 6.64. The highest BCUT2D eigenvalue weighted by molar-refractivity contribution is 9.11. The number of esters is 1. The molecule has 0 heterocycles. The summed E-state index contributed by atoms with van der Waals surface area (Å²) < 4.78 is 5.99. The largest absolute Gasteiger partial charge is 0.459 e. The van der Waals surface area contributed by atoms with Gasteiger partial charge in [-0.1, -0.05) is 0 Å². The quantitative estimate of drug-likeness (QED) is 0.648. The normalized spacial score (nSPS) is 9.88. The molecular formula is C11H11Br2NO3. The van der Waals surface area contributed by atoms with Crippen molar-refractivity contribution in [2.24, 2.45) is 0 Å². The zero-order valence-corrected chi connectivity index (χ0v) is 12.5. The average molecular weight is 365 g/mol. The number of amides is 1. The minimum atomic E-state index is -0.896. The van der Waals surface area contributed by atoms with E-state index in [9.17, 15) is 9.59 Å². The fourth-order valence-electron chi connectivity index (χ4n) is 1.18. The summed E-state index contributed by atoms with van der Waals surface area (Å²) in [4.78, 5) is 22.6. The summed E-state index contributed by atoms with van der Waals surface area (Å²) in [7, 11) is 0. The van der Waals surface area contributed by atoms with Gasteiger partial charge in [0.1, 0.15) is 0 Å².